The van der Waals surface area contributed by atoms with Crippen LogP contribution in [0.15, 0.2) is 189 Å². The number of fused-ring (bicyclic) bond motifs is 21. The highest BCUT2D eigenvalue weighted by atomic mass is 16.3. The maximum atomic E-state index is 7.09. The van der Waals surface area contributed by atoms with Crippen molar-refractivity contribution in [2.75, 3.05) is 0 Å². The van der Waals surface area contributed by atoms with Crippen LogP contribution in [0.3, 0.4) is 0 Å². The van der Waals surface area contributed by atoms with Crippen molar-refractivity contribution in [1.29, 1.82) is 0 Å². The van der Waals surface area contributed by atoms with E-state index in [1.165, 1.54) is 55.3 Å². The van der Waals surface area contributed by atoms with Crippen molar-refractivity contribution < 1.29 is 17.7 Å². The highest BCUT2D eigenvalue weighted by molar-refractivity contribution is 6.21. The van der Waals surface area contributed by atoms with Gasteiger partial charge in [-0.25, -0.2) is 0 Å². The summed E-state index contributed by atoms with van der Waals surface area (Å²) in [5.74, 6) is 0. The monoisotopic (exact) mass is 924 g/mol. The van der Waals surface area contributed by atoms with Crippen LogP contribution < -0.4 is 0 Å². The van der Waals surface area contributed by atoms with Crippen LogP contribution in [-0.2, 0) is 10.8 Å². The summed E-state index contributed by atoms with van der Waals surface area (Å²) >= 11 is 0. The third-order valence-corrected chi connectivity index (χ3v) is 16.8. The highest BCUT2D eigenvalue weighted by Crippen LogP contribution is 2.61. The normalized spacial score (nSPS) is 14.4. The van der Waals surface area contributed by atoms with Crippen molar-refractivity contribution in [3.05, 3.63) is 204 Å². The zero-order valence-corrected chi connectivity index (χ0v) is 40.2. The summed E-state index contributed by atoms with van der Waals surface area (Å²) in [6.45, 7) is 17.6. The van der Waals surface area contributed by atoms with Gasteiger partial charge in [0.05, 0.1) is 0 Å². The summed E-state index contributed by atoms with van der Waals surface area (Å²) < 4.78 is 27.5. The first-order valence-corrected chi connectivity index (χ1v) is 24.9. The molecule has 0 atom stereocenters. The average molecular weight is 925 g/mol. The van der Waals surface area contributed by atoms with Gasteiger partial charge in [-0.05, 0) is 162 Å². The minimum Gasteiger partial charge on any atom is -0.456 e. The van der Waals surface area contributed by atoms with Crippen LogP contribution in [0.5, 0.6) is 0 Å². The van der Waals surface area contributed by atoms with Gasteiger partial charge in [0.1, 0.15) is 44.7 Å². The van der Waals surface area contributed by atoms with Crippen LogP contribution in [-0.4, -0.2) is 0 Å². The molecule has 0 bridgehead atoms. The zero-order valence-electron chi connectivity index (χ0n) is 40.2. The summed E-state index contributed by atoms with van der Waals surface area (Å²) in [6, 6.07) is 57.3. The minimum atomic E-state index is -0.374. The highest BCUT2D eigenvalue weighted by Gasteiger charge is 2.45. The number of para-hydroxylation sites is 2. The minimum absolute atomic E-state index is 0.369. The second-order valence-corrected chi connectivity index (χ2v) is 21.2. The van der Waals surface area contributed by atoms with Crippen LogP contribution in [0.1, 0.15) is 61.1 Å². The Morgan fingerprint density at radius 2 is 0.778 bits per heavy atom. The van der Waals surface area contributed by atoms with E-state index in [9.17, 15) is 0 Å². The van der Waals surface area contributed by atoms with Crippen LogP contribution in [0.4, 0.5) is 0 Å². The molecule has 0 radical (unpaired) electrons. The maximum Gasteiger partial charge on any atom is 0.144 e. The van der Waals surface area contributed by atoms with E-state index in [1.54, 1.807) is 0 Å². The largest absolute Gasteiger partial charge is 0.456 e. The first-order valence-electron chi connectivity index (χ1n) is 24.9. The van der Waals surface area contributed by atoms with Crippen LogP contribution in [0.2, 0.25) is 0 Å². The Labute approximate surface area is 413 Å². The molecule has 14 aromatic rings. The predicted octanol–water partition coefficient (Wildman–Crippen LogP) is 19.7. The number of furan rings is 4. The van der Waals surface area contributed by atoms with Crippen molar-refractivity contribution in [3.63, 3.8) is 0 Å². The average Bonchev–Trinajstić information content (AvgIpc) is 4.23. The summed E-state index contributed by atoms with van der Waals surface area (Å²) in [5.41, 5.74) is 22.6. The topological polar surface area (TPSA) is 52.6 Å². The third kappa shape index (κ3) is 5.01. The van der Waals surface area contributed by atoms with Gasteiger partial charge < -0.3 is 17.7 Å². The molecular formula is C68H44O4. The Kier molecular flexibility index (Phi) is 7.49. The fourth-order valence-electron chi connectivity index (χ4n) is 13.1. The van der Waals surface area contributed by atoms with E-state index in [-0.39, 0.29) is 10.8 Å². The van der Waals surface area contributed by atoms with E-state index >= 15 is 0 Å². The molecule has 0 unspecified atom stereocenters. The van der Waals surface area contributed by atoms with E-state index in [4.69, 9.17) is 17.7 Å². The molecule has 0 amide bonds. The van der Waals surface area contributed by atoms with Crippen molar-refractivity contribution in [2.45, 2.75) is 38.5 Å². The SMILES string of the molecule is C=Cc1cc2oc3cc(-c4cc5c(c6oc7ccccc7c46)-c4cc6c(cc4C5(C)C)-c4c(cc(-c5ccc7c(c5)oc5cc8ccccc8cc57)c5c4oc4ccccc45)C6(C)C)ccc3c2cc1C=C. The summed E-state index contributed by atoms with van der Waals surface area (Å²) in [7, 11) is 0. The Morgan fingerprint density at radius 1 is 0.347 bits per heavy atom. The van der Waals surface area contributed by atoms with E-state index < -0.39 is 0 Å². The van der Waals surface area contributed by atoms with Crippen LogP contribution in [0, 0.1) is 0 Å². The molecule has 0 saturated carbocycles. The standard InChI is InChI=1S/C68H44O4/c1-7-35-25-47-41-23-21-39(29-57(41)69-59(47)27-36(35)8-2)45-31-53-63(65-61(45)43-17-11-13-19-55(43)71-65)49-33-52-50(34-51(49)67(53,3)4)64-54(68(52,5)6)32-46(62-44-18-12-14-20-56(44)72-66(62)64)40-22-24-42-48-26-37-15-9-10-16-38(37)28-60(48)70-58(42)30-40/h7-34H,1-2H2,3-6H3. The summed E-state index contributed by atoms with van der Waals surface area (Å²) in [5, 5.41) is 11.2. The zero-order chi connectivity index (χ0) is 48.1. The molecule has 0 saturated heterocycles. The van der Waals surface area contributed by atoms with Crippen molar-refractivity contribution in [3.8, 4) is 44.5 Å². The lowest BCUT2D eigenvalue weighted by Gasteiger charge is -2.24. The number of benzene rings is 10. The molecule has 0 fully saturated rings. The Morgan fingerprint density at radius 3 is 1.31 bits per heavy atom. The molecule has 16 rings (SSSR count). The van der Waals surface area contributed by atoms with Crippen molar-refractivity contribution >= 4 is 111 Å². The lowest BCUT2D eigenvalue weighted by molar-refractivity contribution is 0.648. The molecule has 0 N–H and O–H groups in total. The lowest BCUT2D eigenvalue weighted by Crippen LogP contribution is -2.17. The van der Waals surface area contributed by atoms with Gasteiger partial charge in [-0.2, -0.15) is 0 Å². The first-order chi connectivity index (χ1) is 35.1. The van der Waals surface area contributed by atoms with Crippen LogP contribution >= 0.6 is 0 Å². The number of hydrogen-bond acceptors (Lipinski definition) is 4. The quantitative estimate of drug-likeness (QED) is 0.176. The van der Waals surface area contributed by atoms with Crippen LogP contribution in [0.25, 0.3) is 155 Å². The maximum absolute atomic E-state index is 7.09. The number of rotatable bonds is 4. The lowest BCUT2D eigenvalue weighted by atomic mass is 9.78. The van der Waals surface area contributed by atoms with Gasteiger partial charge in [0.15, 0.2) is 0 Å². The third-order valence-electron chi connectivity index (χ3n) is 16.8. The molecular weight excluding hydrogens is 881 g/mol. The van der Waals surface area contributed by atoms with Gasteiger partial charge in [-0.1, -0.05) is 126 Å². The van der Waals surface area contributed by atoms with Gasteiger partial charge in [0.2, 0.25) is 0 Å². The van der Waals surface area contributed by atoms with Crippen molar-refractivity contribution in [1.82, 2.24) is 0 Å². The molecule has 4 heteroatoms. The Balaban J connectivity index is 0.905. The first kappa shape index (κ1) is 39.9. The van der Waals surface area contributed by atoms with E-state index in [1.807, 2.05) is 12.2 Å². The molecule has 340 valence electrons. The van der Waals surface area contributed by atoms with Gasteiger partial charge in [-0.3, -0.25) is 0 Å². The smallest absolute Gasteiger partial charge is 0.144 e. The molecule has 4 heterocycles. The molecule has 10 aromatic carbocycles. The molecule has 0 spiro atoms. The molecule has 4 aromatic heterocycles. The van der Waals surface area contributed by atoms with E-state index in [2.05, 4.69) is 199 Å². The van der Waals surface area contributed by atoms with Gasteiger partial charge >= 0.3 is 0 Å². The molecule has 72 heavy (non-hydrogen) atoms. The second-order valence-electron chi connectivity index (χ2n) is 21.2. The van der Waals surface area contributed by atoms with E-state index in [0.717, 1.165) is 121 Å². The van der Waals surface area contributed by atoms with Gasteiger partial charge in [0, 0.05) is 65.0 Å². The molecule has 2 aliphatic rings. The van der Waals surface area contributed by atoms with E-state index in [0.29, 0.717) is 0 Å². The fraction of sp³-hybridized carbons (Fsp3) is 0.0882. The Hall–Kier alpha value is -8.86. The summed E-state index contributed by atoms with van der Waals surface area (Å²) in [6.07, 6.45) is 3.74. The second kappa shape index (κ2) is 13.5. The molecule has 4 nitrogen and oxygen atoms in total. The Bertz CT molecular complexity index is 4840. The summed E-state index contributed by atoms with van der Waals surface area (Å²) in [4.78, 5) is 0. The van der Waals surface area contributed by atoms with Gasteiger partial charge in [-0.15, -0.1) is 0 Å². The predicted molar refractivity (Wildman–Crippen MR) is 299 cm³/mol. The van der Waals surface area contributed by atoms with Crippen molar-refractivity contribution in [2.24, 2.45) is 0 Å². The van der Waals surface area contributed by atoms with Gasteiger partial charge in [0.25, 0.3) is 0 Å². The number of hydrogen-bond donors (Lipinski definition) is 0. The fourth-order valence-corrected chi connectivity index (χ4v) is 13.1. The molecule has 0 aliphatic heterocycles. The molecule has 2 aliphatic carbocycles.